The van der Waals surface area contributed by atoms with Crippen molar-refractivity contribution in [3.63, 3.8) is 0 Å². The first-order valence-electron chi connectivity index (χ1n) is 11.7. The molecular formula is C27H32N2O. The molecule has 30 heavy (non-hydrogen) atoms. The van der Waals surface area contributed by atoms with Crippen LogP contribution in [-0.2, 0) is 11.3 Å². The first-order chi connectivity index (χ1) is 14.7. The summed E-state index contributed by atoms with van der Waals surface area (Å²) in [5, 5.41) is 1.43. The van der Waals surface area contributed by atoms with Crippen molar-refractivity contribution < 1.29 is 4.74 Å². The fourth-order valence-corrected chi connectivity index (χ4v) is 6.03. The van der Waals surface area contributed by atoms with Crippen molar-refractivity contribution in [3.8, 4) is 0 Å². The third-order valence-corrected chi connectivity index (χ3v) is 7.80. The van der Waals surface area contributed by atoms with Gasteiger partial charge in [0.2, 0.25) is 0 Å². The number of aromatic nitrogens is 1. The molecule has 3 nitrogen and oxygen atoms in total. The van der Waals surface area contributed by atoms with E-state index in [-0.39, 0.29) is 5.60 Å². The Bertz CT molecular complexity index is 1040. The molecule has 3 heterocycles. The molecule has 1 aliphatic carbocycles. The van der Waals surface area contributed by atoms with Gasteiger partial charge in [0.05, 0.1) is 5.60 Å². The third kappa shape index (κ3) is 3.19. The Morgan fingerprint density at radius 1 is 1.13 bits per heavy atom. The molecule has 6 rings (SSSR count). The zero-order valence-electron chi connectivity index (χ0n) is 18.0. The minimum absolute atomic E-state index is 0.104. The van der Waals surface area contributed by atoms with E-state index in [1.807, 2.05) is 0 Å². The minimum Gasteiger partial charge on any atom is -0.375 e. The highest BCUT2D eigenvalue weighted by molar-refractivity contribution is 5.87. The van der Waals surface area contributed by atoms with Crippen LogP contribution in [0.2, 0.25) is 0 Å². The Balaban J connectivity index is 1.39. The van der Waals surface area contributed by atoms with E-state index in [0.717, 1.165) is 38.5 Å². The van der Waals surface area contributed by atoms with E-state index in [2.05, 4.69) is 65.5 Å². The van der Waals surface area contributed by atoms with Crippen molar-refractivity contribution in [3.05, 3.63) is 70.9 Å². The molecular weight excluding hydrogens is 368 g/mol. The second kappa shape index (κ2) is 7.25. The lowest BCUT2D eigenvalue weighted by Gasteiger charge is -2.45. The molecule has 3 fully saturated rings. The monoisotopic (exact) mass is 400 g/mol. The fraction of sp³-hybridized carbons (Fsp3) is 0.481. The minimum atomic E-state index is 0.104. The molecule has 2 atom stereocenters. The van der Waals surface area contributed by atoms with Gasteiger partial charge in [-0.15, -0.1) is 0 Å². The summed E-state index contributed by atoms with van der Waals surface area (Å²) in [6.07, 6.45) is 9.54. The maximum absolute atomic E-state index is 6.35. The summed E-state index contributed by atoms with van der Waals surface area (Å²) in [5.41, 5.74) is 7.41. The van der Waals surface area contributed by atoms with Crippen LogP contribution < -0.4 is 0 Å². The lowest BCUT2D eigenvalue weighted by Crippen LogP contribution is -2.45. The van der Waals surface area contributed by atoms with Crippen LogP contribution in [0.3, 0.4) is 0 Å². The van der Waals surface area contributed by atoms with Crippen molar-refractivity contribution in [2.75, 3.05) is 13.2 Å². The Labute approximate surface area is 179 Å². The van der Waals surface area contributed by atoms with Gasteiger partial charge in [-0.1, -0.05) is 36.4 Å². The molecule has 2 saturated heterocycles. The van der Waals surface area contributed by atoms with Gasteiger partial charge in [-0.05, 0) is 79.7 Å². The number of H-pyrrole nitrogens is 1. The summed E-state index contributed by atoms with van der Waals surface area (Å²) < 4.78 is 6.35. The molecule has 1 N–H and O–H groups in total. The largest absolute Gasteiger partial charge is 0.375 e. The summed E-state index contributed by atoms with van der Waals surface area (Å²) in [7, 11) is 0. The molecule has 0 radical (unpaired) electrons. The highest BCUT2D eigenvalue weighted by Gasteiger charge is 2.43. The Morgan fingerprint density at radius 3 is 2.77 bits per heavy atom. The number of benzene rings is 2. The summed E-state index contributed by atoms with van der Waals surface area (Å²) in [5.74, 6) is 0.766. The molecule has 2 aromatic carbocycles. The van der Waals surface area contributed by atoms with Crippen LogP contribution >= 0.6 is 0 Å². The highest BCUT2D eigenvalue weighted by atomic mass is 16.5. The van der Waals surface area contributed by atoms with Gasteiger partial charge >= 0.3 is 0 Å². The smallest absolute Gasteiger partial charge is 0.0713 e. The second-order valence-electron chi connectivity index (χ2n) is 9.79. The molecule has 1 aromatic heterocycles. The molecule has 0 amide bonds. The van der Waals surface area contributed by atoms with E-state index >= 15 is 0 Å². The van der Waals surface area contributed by atoms with Crippen molar-refractivity contribution >= 4 is 10.9 Å². The van der Waals surface area contributed by atoms with Gasteiger partial charge in [0.25, 0.3) is 0 Å². The number of hydrogen-bond donors (Lipinski definition) is 1. The van der Waals surface area contributed by atoms with Crippen LogP contribution in [0.25, 0.3) is 10.9 Å². The average molecular weight is 401 g/mol. The lowest BCUT2D eigenvalue weighted by molar-refractivity contribution is -0.0675. The van der Waals surface area contributed by atoms with Crippen LogP contribution in [-0.4, -0.2) is 28.6 Å². The number of hydrogen-bond acceptors (Lipinski definition) is 2. The Morgan fingerprint density at radius 2 is 2.00 bits per heavy atom. The normalized spacial score (nSPS) is 27.3. The Hall–Kier alpha value is -2.10. The molecule has 156 valence electrons. The highest BCUT2D eigenvalue weighted by Crippen LogP contribution is 2.47. The fourth-order valence-electron chi connectivity index (χ4n) is 6.03. The summed E-state index contributed by atoms with van der Waals surface area (Å²) in [6.45, 7) is 5.35. The summed E-state index contributed by atoms with van der Waals surface area (Å²) in [6, 6.07) is 16.3. The van der Waals surface area contributed by atoms with Gasteiger partial charge in [0.1, 0.15) is 0 Å². The summed E-state index contributed by atoms with van der Waals surface area (Å²) >= 11 is 0. The zero-order valence-corrected chi connectivity index (χ0v) is 18.0. The lowest BCUT2D eigenvalue weighted by atomic mass is 9.81. The number of nitrogens with zero attached hydrogens (tertiary/aromatic N) is 1. The van der Waals surface area contributed by atoms with Crippen LogP contribution in [0.15, 0.2) is 48.7 Å². The van der Waals surface area contributed by atoms with Crippen LogP contribution in [0.1, 0.15) is 72.7 Å². The molecule has 0 bridgehead atoms. The number of likely N-dealkylation sites (tertiary alicyclic amines) is 1. The van der Waals surface area contributed by atoms with Crippen LogP contribution in [0.5, 0.6) is 0 Å². The molecule has 3 aromatic rings. The predicted molar refractivity (Wildman–Crippen MR) is 122 cm³/mol. The van der Waals surface area contributed by atoms with Crippen LogP contribution in [0.4, 0.5) is 0 Å². The zero-order chi connectivity index (χ0) is 20.1. The molecule has 3 aliphatic rings. The third-order valence-electron chi connectivity index (χ3n) is 7.80. The van der Waals surface area contributed by atoms with Crippen LogP contribution in [0, 0.1) is 6.92 Å². The van der Waals surface area contributed by atoms with Gasteiger partial charge in [0.15, 0.2) is 0 Å². The first kappa shape index (κ1) is 18.7. The number of aryl methyl sites for hydroxylation is 1. The van der Waals surface area contributed by atoms with Gasteiger partial charge in [-0.2, -0.15) is 0 Å². The maximum Gasteiger partial charge on any atom is 0.0713 e. The number of rotatable bonds is 4. The number of aromatic amines is 1. The number of fused-ring (bicyclic) bond motifs is 1. The van der Waals surface area contributed by atoms with Crippen molar-refractivity contribution in [1.82, 2.24) is 9.88 Å². The van der Waals surface area contributed by atoms with E-state index < -0.39 is 0 Å². The van der Waals surface area contributed by atoms with Gasteiger partial charge in [-0.3, -0.25) is 4.90 Å². The molecule has 3 heteroatoms. The van der Waals surface area contributed by atoms with E-state index in [4.69, 9.17) is 4.74 Å². The number of nitrogens with one attached hydrogen (secondary N) is 1. The topological polar surface area (TPSA) is 28.3 Å². The number of ether oxygens (including phenoxy) is 1. The van der Waals surface area contributed by atoms with Gasteiger partial charge in [-0.25, -0.2) is 0 Å². The quantitative estimate of drug-likeness (QED) is 0.561. The molecule has 0 unspecified atom stereocenters. The predicted octanol–water partition coefficient (Wildman–Crippen LogP) is 6.24. The molecule has 1 spiro atoms. The number of piperidine rings is 1. The van der Waals surface area contributed by atoms with Crippen molar-refractivity contribution in [2.24, 2.45) is 0 Å². The van der Waals surface area contributed by atoms with E-state index in [1.165, 1.54) is 47.7 Å². The first-order valence-corrected chi connectivity index (χ1v) is 11.7. The SMILES string of the molecule is Cc1cc(C2CC2)c(CN2CC[C@@]3(CCCO3)C[C@H]2c2ccccc2)c2cc[nH]c12. The van der Waals surface area contributed by atoms with E-state index in [1.54, 1.807) is 11.1 Å². The maximum atomic E-state index is 6.35. The van der Waals surface area contributed by atoms with E-state index in [0.29, 0.717) is 6.04 Å². The standard InChI is InChI=1S/C27H32N2O/c1-19-16-23(20-8-9-20)24(22-10-13-28-26(19)22)18-29-14-12-27(11-5-15-30-27)17-25(29)21-6-3-2-4-7-21/h2-4,6-7,10,13,16,20,25,28H,5,8-9,11-12,14-15,17-18H2,1H3/t25-,27-/m0/s1. The average Bonchev–Trinajstić information content (AvgIpc) is 3.31. The molecule has 1 saturated carbocycles. The summed E-state index contributed by atoms with van der Waals surface area (Å²) in [4.78, 5) is 6.24. The van der Waals surface area contributed by atoms with Crippen molar-refractivity contribution in [1.29, 1.82) is 0 Å². The molecule has 2 aliphatic heterocycles. The van der Waals surface area contributed by atoms with E-state index in [9.17, 15) is 0 Å². The second-order valence-corrected chi connectivity index (χ2v) is 9.79. The van der Waals surface area contributed by atoms with Gasteiger partial charge < -0.3 is 9.72 Å². The van der Waals surface area contributed by atoms with Crippen molar-refractivity contribution in [2.45, 2.75) is 69.6 Å². The van der Waals surface area contributed by atoms with Gasteiger partial charge in [0, 0.05) is 42.8 Å². The Kier molecular flexibility index (Phi) is 4.51.